The minimum absolute atomic E-state index is 0.178. The molecular formula is C15H21N3O. The van der Waals surface area contributed by atoms with E-state index in [4.69, 9.17) is 10.3 Å². The van der Waals surface area contributed by atoms with Gasteiger partial charge in [0, 0.05) is 6.42 Å². The fraction of sp³-hybridized carbons (Fsp3) is 0.467. The molecule has 1 aromatic heterocycles. The first-order valence-corrected chi connectivity index (χ1v) is 6.91. The maximum absolute atomic E-state index is 6.09. The number of aryl methyl sites for hydroxylation is 2. The predicted molar refractivity (Wildman–Crippen MR) is 74.6 cm³/mol. The maximum Gasteiger partial charge on any atom is 0.243 e. The van der Waals surface area contributed by atoms with Gasteiger partial charge < -0.3 is 10.3 Å². The molecule has 0 aliphatic heterocycles. The minimum Gasteiger partial charge on any atom is -0.338 e. The number of benzene rings is 1. The van der Waals surface area contributed by atoms with E-state index < -0.39 is 0 Å². The second-order valence-electron chi connectivity index (χ2n) is 4.78. The number of rotatable bonds is 7. The lowest BCUT2D eigenvalue weighted by Gasteiger charge is -2.06. The largest absolute Gasteiger partial charge is 0.338 e. The van der Waals surface area contributed by atoms with Crippen LogP contribution in [0, 0.1) is 0 Å². The van der Waals surface area contributed by atoms with Crippen LogP contribution in [0.4, 0.5) is 0 Å². The Morgan fingerprint density at radius 1 is 1.21 bits per heavy atom. The van der Waals surface area contributed by atoms with Crippen molar-refractivity contribution in [1.82, 2.24) is 10.1 Å². The summed E-state index contributed by atoms with van der Waals surface area (Å²) in [4.78, 5) is 4.36. The molecule has 0 bridgehead atoms. The van der Waals surface area contributed by atoms with E-state index in [2.05, 4.69) is 29.2 Å². The number of aromatic nitrogens is 2. The summed E-state index contributed by atoms with van der Waals surface area (Å²) in [7, 11) is 0. The molecule has 0 aliphatic carbocycles. The Balaban J connectivity index is 1.85. The monoisotopic (exact) mass is 259 g/mol. The Bertz CT molecular complexity index is 481. The van der Waals surface area contributed by atoms with Gasteiger partial charge in [0.2, 0.25) is 5.89 Å². The molecule has 1 heterocycles. The van der Waals surface area contributed by atoms with E-state index in [1.807, 2.05) is 18.2 Å². The van der Waals surface area contributed by atoms with E-state index in [1.54, 1.807) is 0 Å². The van der Waals surface area contributed by atoms with Crippen molar-refractivity contribution in [3.8, 4) is 0 Å². The van der Waals surface area contributed by atoms with Crippen LogP contribution in [-0.4, -0.2) is 10.1 Å². The van der Waals surface area contributed by atoms with Crippen molar-refractivity contribution >= 4 is 0 Å². The second-order valence-corrected chi connectivity index (χ2v) is 4.78. The molecule has 4 heteroatoms. The molecule has 2 aromatic rings. The topological polar surface area (TPSA) is 64.9 Å². The average Bonchev–Trinajstić information content (AvgIpc) is 2.92. The molecular weight excluding hydrogens is 238 g/mol. The zero-order chi connectivity index (χ0) is 13.5. The summed E-state index contributed by atoms with van der Waals surface area (Å²) in [5.41, 5.74) is 7.37. The molecule has 0 spiro atoms. The molecule has 0 unspecified atom stereocenters. The molecule has 19 heavy (non-hydrogen) atoms. The molecule has 0 saturated carbocycles. The molecule has 2 N–H and O–H groups in total. The van der Waals surface area contributed by atoms with Crippen molar-refractivity contribution < 1.29 is 4.52 Å². The van der Waals surface area contributed by atoms with Gasteiger partial charge in [0.15, 0.2) is 5.82 Å². The number of nitrogens with two attached hydrogens (primary N) is 1. The Labute approximate surface area is 114 Å². The molecule has 0 fully saturated rings. The highest BCUT2D eigenvalue weighted by molar-refractivity contribution is 5.15. The molecule has 102 valence electrons. The summed E-state index contributed by atoms with van der Waals surface area (Å²) in [6.07, 6.45) is 4.82. The number of hydrogen-bond donors (Lipinski definition) is 1. The highest BCUT2D eigenvalue weighted by atomic mass is 16.5. The normalized spacial score (nSPS) is 12.5. The summed E-state index contributed by atoms with van der Waals surface area (Å²) in [5.74, 6) is 1.33. The first-order valence-electron chi connectivity index (χ1n) is 6.91. The standard InChI is InChI=1S/C15H21N3O/c1-2-3-9-14-17-15(19-18-14)13(16)11-10-12-7-5-4-6-8-12/h4-8,13H,2-3,9-11,16H2,1H3/t13-/m0/s1. The van der Waals surface area contributed by atoms with Crippen LogP contribution in [0.1, 0.15) is 49.5 Å². The van der Waals surface area contributed by atoms with E-state index in [1.165, 1.54) is 5.56 Å². The number of unbranched alkanes of at least 4 members (excludes halogenated alkanes) is 1. The van der Waals surface area contributed by atoms with Gasteiger partial charge >= 0.3 is 0 Å². The van der Waals surface area contributed by atoms with Crippen molar-refractivity contribution in [2.75, 3.05) is 0 Å². The fourth-order valence-electron chi connectivity index (χ4n) is 1.94. The van der Waals surface area contributed by atoms with Crippen LogP contribution >= 0.6 is 0 Å². The van der Waals surface area contributed by atoms with Gasteiger partial charge in [0.05, 0.1) is 6.04 Å². The SMILES string of the molecule is CCCCc1noc([C@@H](N)CCc2ccccc2)n1. The highest BCUT2D eigenvalue weighted by Crippen LogP contribution is 2.15. The lowest BCUT2D eigenvalue weighted by molar-refractivity contribution is 0.345. The summed E-state index contributed by atoms with van der Waals surface area (Å²) in [5, 5.41) is 3.96. The molecule has 0 aliphatic rings. The van der Waals surface area contributed by atoms with Gasteiger partial charge in [-0.05, 0) is 24.8 Å². The third-order valence-corrected chi connectivity index (χ3v) is 3.14. The van der Waals surface area contributed by atoms with Crippen molar-refractivity contribution in [3.63, 3.8) is 0 Å². The van der Waals surface area contributed by atoms with E-state index in [0.717, 1.165) is 37.9 Å². The van der Waals surface area contributed by atoms with Crippen molar-refractivity contribution in [1.29, 1.82) is 0 Å². The van der Waals surface area contributed by atoms with Crippen LogP contribution in [-0.2, 0) is 12.8 Å². The lowest BCUT2D eigenvalue weighted by atomic mass is 10.1. The average molecular weight is 259 g/mol. The molecule has 4 nitrogen and oxygen atoms in total. The third kappa shape index (κ3) is 4.17. The lowest BCUT2D eigenvalue weighted by Crippen LogP contribution is -2.12. The van der Waals surface area contributed by atoms with Crippen LogP contribution in [0.15, 0.2) is 34.9 Å². The van der Waals surface area contributed by atoms with Crippen molar-refractivity contribution in [2.45, 2.75) is 45.1 Å². The van der Waals surface area contributed by atoms with Gasteiger partial charge in [-0.25, -0.2) is 0 Å². The van der Waals surface area contributed by atoms with E-state index >= 15 is 0 Å². The quantitative estimate of drug-likeness (QED) is 0.830. The fourth-order valence-corrected chi connectivity index (χ4v) is 1.94. The van der Waals surface area contributed by atoms with Gasteiger partial charge in [0.1, 0.15) is 0 Å². The second kappa shape index (κ2) is 7.04. The van der Waals surface area contributed by atoms with Gasteiger partial charge in [0.25, 0.3) is 0 Å². The van der Waals surface area contributed by atoms with E-state index in [0.29, 0.717) is 5.89 Å². The van der Waals surface area contributed by atoms with Gasteiger partial charge in [-0.1, -0.05) is 48.8 Å². The predicted octanol–water partition coefficient (Wildman–Crippen LogP) is 3.04. The van der Waals surface area contributed by atoms with Gasteiger partial charge in [-0.15, -0.1) is 0 Å². The Kier molecular flexibility index (Phi) is 5.10. The Hall–Kier alpha value is -1.68. The zero-order valence-corrected chi connectivity index (χ0v) is 11.4. The number of hydrogen-bond acceptors (Lipinski definition) is 4. The van der Waals surface area contributed by atoms with Gasteiger partial charge in [-0.2, -0.15) is 4.98 Å². The van der Waals surface area contributed by atoms with Gasteiger partial charge in [-0.3, -0.25) is 0 Å². The Morgan fingerprint density at radius 2 is 2.00 bits per heavy atom. The first-order chi connectivity index (χ1) is 9.29. The molecule has 0 radical (unpaired) electrons. The molecule has 1 atom stereocenters. The van der Waals surface area contributed by atoms with E-state index in [-0.39, 0.29) is 6.04 Å². The smallest absolute Gasteiger partial charge is 0.243 e. The van der Waals surface area contributed by atoms with Crippen LogP contribution in [0.2, 0.25) is 0 Å². The summed E-state index contributed by atoms with van der Waals surface area (Å²) >= 11 is 0. The minimum atomic E-state index is -0.178. The molecule has 0 amide bonds. The zero-order valence-electron chi connectivity index (χ0n) is 11.4. The van der Waals surface area contributed by atoms with Crippen molar-refractivity contribution in [2.24, 2.45) is 5.73 Å². The maximum atomic E-state index is 6.09. The molecule has 1 aromatic carbocycles. The van der Waals surface area contributed by atoms with Crippen LogP contribution in [0.3, 0.4) is 0 Å². The van der Waals surface area contributed by atoms with Crippen LogP contribution < -0.4 is 5.73 Å². The Morgan fingerprint density at radius 3 is 2.74 bits per heavy atom. The summed E-state index contributed by atoms with van der Waals surface area (Å²) in [6, 6.07) is 10.1. The first kappa shape index (κ1) is 13.7. The van der Waals surface area contributed by atoms with Crippen molar-refractivity contribution in [3.05, 3.63) is 47.6 Å². The summed E-state index contributed by atoms with van der Waals surface area (Å²) < 4.78 is 5.23. The molecule has 0 saturated heterocycles. The summed E-state index contributed by atoms with van der Waals surface area (Å²) in [6.45, 7) is 2.15. The van der Waals surface area contributed by atoms with Crippen LogP contribution in [0.5, 0.6) is 0 Å². The number of nitrogens with zero attached hydrogens (tertiary/aromatic N) is 2. The van der Waals surface area contributed by atoms with Crippen LogP contribution in [0.25, 0.3) is 0 Å². The highest BCUT2D eigenvalue weighted by Gasteiger charge is 2.14. The molecule has 2 rings (SSSR count). The third-order valence-electron chi connectivity index (χ3n) is 3.14. The van der Waals surface area contributed by atoms with E-state index in [9.17, 15) is 0 Å².